The topological polar surface area (TPSA) is 64.7 Å². The number of ether oxygens (including phenoxy) is 2. The monoisotopic (exact) mass is 465 g/mol. The van der Waals surface area contributed by atoms with Gasteiger partial charge in [-0.1, -0.05) is 75.0 Å². The van der Waals surface area contributed by atoms with Gasteiger partial charge in [0.05, 0.1) is 0 Å². The number of rotatable bonds is 9. The molecule has 0 amide bonds. The van der Waals surface area contributed by atoms with E-state index in [1.54, 1.807) is 6.07 Å². The Morgan fingerprint density at radius 3 is 1.97 bits per heavy atom. The summed E-state index contributed by atoms with van der Waals surface area (Å²) in [6.07, 6.45) is 0. The quantitative estimate of drug-likeness (QED) is 0.285. The van der Waals surface area contributed by atoms with Gasteiger partial charge in [0.25, 0.3) is 0 Å². The molecule has 0 unspecified atom stereocenters. The van der Waals surface area contributed by atoms with E-state index < -0.39 is 0 Å². The minimum Gasteiger partial charge on any atom is -0.507 e. The molecule has 3 N–H and O–H groups in total. The smallest absolute Gasteiger partial charge is 0.123 e. The van der Waals surface area contributed by atoms with Crippen LogP contribution in [0, 0.1) is 0 Å². The molecule has 0 aliphatic rings. The molecule has 0 atom stereocenters. The average molecular weight is 466 g/mol. The van der Waals surface area contributed by atoms with Gasteiger partial charge in [-0.3, -0.25) is 0 Å². The lowest BCUT2D eigenvalue weighted by Crippen LogP contribution is -2.18. The molecule has 178 valence electrons. The van der Waals surface area contributed by atoms with Crippen LogP contribution >= 0.6 is 0 Å². The zero-order valence-electron chi connectivity index (χ0n) is 20.2. The van der Waals surface area contributed by atoms with E-state index in [0.717, 1.165) is 33.6 Å². The highest BCUT2D eigenvalue weighted by Gasteiger charge is 2.26. The number of aromatic hydroxyl groups is 1. The van der Waals surface area contributed by atoms with E-state index in [1.165, 1.54) is 0 Å². The lowest BCUT2D eigenvalue weighted by Gasteiger charge is -2.27. The van der Waals surface area contributed by atoms with Crippen LogP contribution in [0.15, 0.2) is 104 Å². The Bertz CT molecular complexity index is 1290. The molecule has 0 aliphatic carbocycles. The predicted octanol–water partition coefficient (Wildman–Crippen LogP) is 6.81. The fraction of sp³-hybridized carbons (Fsp3) is 0.161. The molecule has 0 fully saturated rings. The maximum absolute atomic E-state index is 10.7. The summed E-state index contributed by atoms with van der Waals surface area (Å²) >= 11 is 0. The van der Waals surface area contributed by atoms with Crippen LogP contribution in [0.25, 0.3) is 5.70 Å². The largest absolute Gasteiger partial charge is 0.507 e. The first-order valence-electron chi connectivity index (χ1n) is 11.6. The van der Waals surface area contributed by atoms with E-state index in [0.29, 0.717) is 24.7 Å². The van der Waals surface area contributed by atoms with Crippen molar-refractivity contribution in [2.75, 3.05) is 0 Å². The van der Waals surface area contributed by atoms with Crippen LogP contribution in [0.3, 0.4) is 0 Å². The molecule has 4 aromatic carbocycles. The zero-order chi connectivity index (χ0) is 24.8. The molecule has 0 saturated carbocycles. The minimum atomic E-state index is -0.323. The summed E-state index contributed by atoms with van der Waals surface area (Å²) in [5, 5.41) is 10.7. The second kappa shape index (κ2) is 10.4. The van der Waals surface area contributed by atoms with Gasteiger partial charge in [-0.25, -0.2) is 0 Å². The number of phenols is 1. The van der Waals surface area contributed by atoms with E-state index in [1.807, 2.05) is 72.8 Å². The molecule has 0 aliphatic heterocycles. The van der Waals surface area contributed by atoms with Crippen molar-refractivity contribution >= 4 is 5.70 Å². The third-order valence-corrected chi connectivity index (χ3v) is 6.17. The molecule has 4 nitrogen and oxygen atoms in total. The lowest BCUT2D eigenvalue weighted by atomic mass is 9.78. The van der Waals surface area contributed by atoms with Crippen LogP contribution < -0.4 is 15.2 Å². The Hall–Kier alpha value is -4.18. The van der Waals surface area contributed by atoms with E-state index in [2.05, 4.69) is 38.6 Å². The molecule has 0 aromatic heterocycles. The van der Waals surface area contributed by atoms with Gasteiger partial charge in [0.1, 0.15) is 30.5 Å². The van der Waals surface area contributed by atoms with E-state index in [4.69, 9.17) is 15.2 Å². The zero-order valence-corrected chi connectivity index (χ0v) is 20.2. The van der Waals surface area contributed by atoms with Crippen molar-refractivity contribution in [3.63, 3.8) is 0 Å². The van der Waals surface area contributed by atoms with Crippen molar-refractivity contribution in [1.29, 1.82) is 0 Å². The van der Waals surface area contributed by atoms with Crippen molar-refractivity contribution in [2.24, 2.45) is 5.73 Å². The highest BCUT2D eigenvalue weighted by molar-refractivity contribution is 5.60. The second-order valence-corrected chi connectivity index (χ2v) is 9.12. The predicted molar refractivity (Wildman–Crippen MR) is 141 cm³/mol. The Morgan fingerprint density at radius 1 is 0.771 bits per heavy atom. The fourth-order valence-corrected chi connectivity index (χ4v) is 4.05. The highest BCUT2D eigenvalue weighted by atomic mass is 16.5. The van der Waals surface area contributed by atoms with Gasteiger partial charge >= 0.3 is 0 Å². The fourth-order valence-electron chi connectivity index (χ4n) is 4.05. The van der Waals surface area contributed by atoms with Gasteiger partial charge in [-0.2, -0.15) is 0 Å². The Labute approximate surface area is 207 Å². The van der Waals surface area contributed by atoms with E-state index in [9.17, 15) is 5.11 Å². The number of hydrogen-bond donors (Lipinski definition) is 2. The Kier molecular flexibility index (Phi) is 7.11. The number of phenolic OH excluding ortho intramolecular Hbond substituents is 1. The summed E-state index contributed by atoms with van der Waals surface area (Å²) in [6.45, 7) is 8.79. The van der Waals surface area contributed by atoms with Crippen LogP contribution in [-0.4, -0.2) is 5.11 Å². The average Bonchev–Trinajstić information content (AvgIpc) is 2.87. The molecule has 0 bridgehead atoms. The summed E-state index contributed by atoms with van der Waals surface area (Å²) in [5.74, 6) is 1.62. The highest BCUT2D eigenvalue weighted by Crippen LogP contribution is 2.38. The van der Waals surface area contributed by atoms with Gasteiger partial charge in [0.15, 0.2) is 0 Å². The molecule has 4 rings (SSSR count). The number of benzene rings is 4. The molecular weight excluding hydrogens is 434 g/mol. The van der Waals surface area contributed by atoms with E-state index in [-0.39, 0.29) is 11.2 Å². The van der Waals surface area contributed by atoms with Crippen molar-refractivity contribution in [3.05, 3.63) is 131 Å². The first-order chi connectivity index (χ1) is 16.8. The summed E-state index contributed by atoms with van der Waals surface area (Å²) in [5.41, 5.74) is 10.9. The van der Waals surface area contributed by atoms with Crippen molar-refractivity contribution < 1.29 is 14.6 Å². The molecule has 0 radical (unpaired) electrons. The standard InChI is InChI=1S/C31H31NO3/c1-22(32)25-12-14-27(15-13-25)34-20-23-8-7-9-24(18-23)21-35-28-16-17-29(30(33)19-28)31(2,3)26-10-5-4-6-11-26/h4-19,33H,1,20-21,32H2,2-3H3. The molecule has 0 saturated heterocycles. The number of nitrogens with two attached hydrogens (primary N) is 1. The van der Waals surface area contributed by atoms with Gasteiger partial charge in [0.2, 0.25) is 0 Å². The van der Waals surface area contributed by atoms with Crippen molar-refractivity contribution in [2.45, 2.75) is 32.5 Å². The third-order valence-electron chi connectivity index (χ3n) is 6.17. The van der Waals surface area contributed by atoms with Crippen LogP contribution in [0.5, 0.6) is 17.2 Å². The summed E-state index contributed by atoms with van der Waals surface area (Å²) in [6, 6.07) is 31.3. The van der Waals surface area contributed by atoms with Gasteiger partial charge < -0.3 is 20.3 Å². The molecule has 0 spiro atoms. The van der Waals surface area contributed by atoms with E-state index >= 15 is 0 Å². The summed E-state index contributed by atoms with van der Waals surface area (Å²) < 4.78 is 11.9. The van der Waals surface area contributed by atoms with Gasteiger partial charge in [0, 0.05) is 22.7 Å². The Morgan fingerprint density at radius 2 is 1.37 bits per heavy atom. The third kappa shape index (κ3) is 5.85. The molecular formula is C31H31NO3. The second-order valence-electron chi connectivity index (χ2n) is 9.12. The van der Waals surface area contributed by atoms with Crippen LogP contribution in [0.4, 0.5) is 0 Å². The number of hydrogen-bond acceptors (Lipinski definition) is 4. The van der Waals surface area contributed by atoms with Crippen molar-refractivity contribution in [3.8, 4) is 17.2 Å². The van der Waals surface area contributed by atoms with Crippen molar-refractivity contribution in [1.82, 2.24) is 0 Å². The molecule has 0 heterocycles. The molecule has 4 aromatic rings. The minimum absolute atomic E-state index is 0.225. The molecule has 35 heavy (non-hydrogen) atoms. The van der Waals surface area contributed by atoms with Crippen LogP contribution in [-0.2, 0) is 18.6 Å². The SMILES string of the molecule is C=C(N)c1ccc(OCc2cccc(COc3ccc(C(C)(C)c4ccccc4)c(O)c3)c2)cc1. The maximum atomic E-state index is 10.7. The lowest BCUT2D eigenvalue weighted by molar-refractivity contribution is 0.298. The summed E-state index contributed by atoms with van der Waals surface area (Å²) in [7, 11) is 0. The Balaban J connectivity index is 1.38. The van der Waals surface area contributed by atoms with Gasteiger partial charge in [-0.15, -0.1) is 0 Å². The molecule has 4 heteroatoms. The normalized spacial score (nSPS) is 11.1. The van der Waals surface area contributed by atoms with Crippen LogP contribution in [0.1, 0.15) is 41.7 Å². The first kappa shape index (κ1) is 24.0. The van der Waals surface area contributed by atoms with Crippen LogP contribution in [0.2, 0.25) is 0 Å². The van der Waals surface area contributed by atoms with Gasteiger partial charge in [-0.05, 0) is 58.7 Å². The maximum Gasteiger partial charge on any atom is 0.123 e. The first-order valence-corrected chi connectivity index (χ1v) is 11.6. The summed E-state index contributed by atoms with van der Waals surface area (Å²) in [4.78, 5) is 0.